The van der Waals surface area contributed by atoms with Crippen LogP contribution in [0.25, 0.3) is 0 Å². The first-order chi connectivity index (χ1) is 11.0. The van der Waals surface area contributed by atoms with Gasteiger partial charge in [-0.3, -0.25) is 0 Å². The van der Waals surface area contributed by atoms with Crippen LogP contribution in [0.2, 0.25) is 0 Å². The first-order valence-electron chi connectivity index (χ1n) is 8.55. The minimum atomic E-state index is -4.91. The Hall–Kier alpha value is -0.410. The summed E-state index contributed by atoms with van der Waals surface area (Å²) >= 11 is 0. The normalized spacial score (nSPS) is 57.4. The SMILES string of the molecule is CC1CCC2C(C)C(O)(C(F)(F)F)OC3OC4(C)CCC1C32OO4. The third kappa shape index (κ3) is 1.95. The van der Waals surface area contributed by atoms with Gasteiger partial charge in [0.15, 0.2) is 11.9 Å². The predicted molar refractivity (Wildman–Crippen MR) is 74.0 cm³/mol. The van der Waals surface area contributed by atoms with Crippen LogP contribution < -0.4 is 0 Å². The Balaban J connectivity index is 1.84. The summed E-state index contributed by atoms with van der Waals surface area (Å²) in [6.45, 7) is 5.08. The van der Waals surface area contributed by atoms with E-state index in [1.165, 1.54) is 6.92 Å². The topological polar surface area (TPSA) is 57.2 Å². The number of hydrogen-bond donors (Lipinski definition) is 1. The summed E-state index contributed by atoms with van der Waals surface area (Å²) in [5.74, 6) is -5.94. The zero-order valence-corrected chi connectivity index (χ0v) is 13.9. The molecule has 4 heterocycles. The molecule has 1 saturated carbocycles. The van der Waals surface area contributed by atoms with E-state index in [-0.39, 0.29) is 11.8 Å². The molecule has 5 nitrogen and oxygen atoms in total. The van der Waals surface area contributed by atoms with Crippen LogP contribution in [-0.4, -0.2) is 34.7 Å². The highest BCUT2D eigenvalue weighted by Gasteiger charge is 2.76. The van der Waals surface area contributed by atoms with Crippen LogP contribution in [0.15, 0.2) is 0 Å². The van der Waals surface area contributed by atoms with Crippen molar-refractivity contribution in [2.45, 2.75) is 76.1 Å². The van der Waals surface area contributed by atoms with Gasteiger partial charge in [0.05, 0.1) is 0 Å². The van der Waals surface area contributed by atoms with Gasteiger partial charge >= 0.3 is 6.18 Å². The van der Waals surface area contributed by atoms with Crippen LogP contribution in [0.4, 0.5) is 13.2 Å². The van der Waals surface area contributed by atoms with Crippen LogP contribution in [0, 0.1) is 23.7 Å². The minimum Gasteiger partial charge on any atom is -0.358 e. The lowest BCUT2D eigenvalue weighted by Crippen LogP contribution is -2.75. The van der Waals surface area contributed by atoms with E-state index in [2.05, 4.69) is 6.92 Å². The molecule has 1 aliphatic carbocycles. The second-order valence-corrected chi connectivity index (χ2v) is 8.01. The van der Waals surface area contributed by atoms with Gasteiger partial charge in [-0.1, -0.05) is 13.8 Å². The van der Waals surface area contributed by atoms with Crippen molar-refractivity contribution in [3.8, 4) is 0 Å². The lowest BCUT2D eigenvalue weighted by atomic mass is 9.57. The molecule has 4 saturated heterocycles. The van der Waals surface area contributed by atoms with Gasteiger partial charge in [-0.05, 0) is 38.0 Å². The second kappa shape index (κ2) is 4.85. The predicted octanol–water partition coefficient (Wildman–Crippen LogP) is 3.12. The standard InChI is InChI=1S/C16H23F3O5/c1-8-4-5-11-9(2)15(20,16(17,18)19)22-12-14(11)10(8)6-7-13(3,21-12)23-24-14/h8-12,20H,4-7H2,1-3H3. The molecule has 5 fully saturated rings. The molecule has 0 aromatic heterocycles. The highest BCUT2D eigenvalue weighted by molar-refractivity contribution is 5.12. The van der Waals surface area contributed by atoms with E-state index in [0.29, 0.717) is 12.8 Å². The quantitative estimate of drug-likeness (QED) is 0.679. The zero-order chi connectivity index (χ0) is 17.5. The van der Waals surface area contributed by atoms with Crippen LogP contribution >= 0.6 is 0 Å². The highest BCUT2D eigenvalue weighted by Crippen LogP contribution is 2.63. The van der Waals surface area contributed by atoms with Crippen LogP contribution in [0.3, 0.4) is 0 Å². The Morgan fingerprint density at radius 1 is 1.00 bits per heavy atom. The van der Waals surface area contributed by atoms with Gasteiger partial charge in [0.2, 0.25) is 5.79 Å². The molecule has 1 N–H and O–H groups in total. The summed E-state index contributed by atoms with van der Waals surface area (Å²) in [5, 5.41) is 10.4. The van der Waals surface area contributed by atoms with E-state index in [1.807, 2.05) is 0 Å². The molecular weight excluding hydrogens is 329 g/mol. The molecule has 0 aromatic carbocycles. The Labute approximate surface area is 138 Å². The summed E-state index contributed by atoms with van der Waals surface area (Å²) < 4.78 is 51.7. The van der Waals surface area contributed by atoms with Gasteiger partial charge in [0.1, 0.15) is 0 Å². The summed E-state index contributed by atoms with van der Waals surface area (Å²) in [6, 6.07) is 0. The number of aliphatic hydroxyl groups is 1. The van der Waals surface area contributed by atoms with Gasteiger partial charge in [-0.2, -0.15) is 13.2 Å². The summed E-state index contributed by atoms with van der Waals surface area (Å²) in [4.78, 5) is 11.3. The van der Waals surface area contributed by atoms with Crippen LogP contribution in [0.1, 0.15) is 46.5 Å². The molecule has 8 unspecified atom stereocenters. The molecule has 4 aliphatic heterocycles. The number of fused-ring (bicyclic) bond motifs is 2. The fourth-order valence-corrected chi connectivity index (χ4v) is 5.25. The van der Waals surface area contributed by atoms with E-state index in [4.69, 9.17) is 19.2 Å². The smallest absolute Gasteiger partial charge is 0.358 e. The first-order valence-corrected chi connectivity index (χ1v) is 8.55. The van der Waals surface area contributed by atoms with E-state index < -0.39 is 41.5 Å². The van der Waals surface area contributed by atoms with E-state index in [9.17, 15) is 18.3 Å². The largest absolute Gasteiger partial charge is 0.443 e. The lowest BCUT2D eigenvalue weighted by Gasteiger charge is -2.62. The summed E-state index contributed by atoms with van der Waals surface area (Å²) in [5.41, 5.74) is -1.11. The fraction of sp³-hybridized carbons (Fsp3) is 1.00. The van der Waals surface area contributed by atoms with Gasteiger partial charge in [-0.25, -0.2) is 9.78 Å². The van der Waals surface area contributed by atoms with Crippen molar-refractivity contribution >= 4 is 0 Å². The maximum atomic E-state index is 13.6. The molecule has 138 valence electrons. The molecule has 8 heteroatoms. The average molecular weight is 352 g/mol. The molecule has 0 amide bonds. The van der Waals surface area contributed by atoms with Gasteiger partial charge in [-0.15, -0.1) is 0 Å². The first kappa shape index (κ1) is 17.0. The number of alkyl halides is 3. The Morgan fingerprint density at radius 2 is 1.71 bits per heavy atom. The minimum absolute atomic E-state index is 0.0363. The van der Waals surface area contributed by atoms with E-state index in [1.54, 1.807) is 6.92 Å². The van der Waals surface area contributed by atoms with Crippen LogP contribution in [0.5, 0.6) is 0 Å². The second-order valence-electron chi connectivity index (χ2n) is 8.01. The summed E-state index contributed by atoms with van der Waals surface area (Å²) in [7, 11) is 0. The number of halogens is 3. The van der Waals surface area contributed by atoms with Crippen molar-refractivity contribution in [2.75, 3.05) is 0 Å². The average Bonchev–Trinajstić information content (AvgIpc) is 2.70. The van der Waals surface area contributed by atoms with Crippen molar-refractivity contribution in [1.82, 2.24) is 0 Å². The number of ether oxygens (including phenoxy) is 2. The third-order valence-corrected chi connectivity index (χ3v) is 6.69. The Bertz CT molecular complexity index is 542. The molecule has 1 spiro atoms. The number of hydrogen-bond acceptors (Lipinski definition) is 5. The zero-order valence-electron chi connectivity index (χ0n) is 13.9. The van der Waals surface area contributed by atoms with Crippen molar-refractivity contribution < 1.29 is 37.5 Å². The molecular formula is C16H23F3O5. The van der Waals surface area contributed by atoms with Crippen molar-refractivity contribution in [1.29, 1.82) is 0 Å². The van der Waals surface area contributed by atoms with E-state index in [0.717, 1.165) is 12.8 Å². The monoisotopic (exact) mass is 352 g/mol. The summed E-state index contributed by atoms with van der Waals surface area (Å²) in [6.07, 6.45) is -3.70. The fourth-order valence-electron chi connectivity index (χ4n) is 5.25. The van der Waals surface area contributed by atoms with E-state index >= 15 is 0 Å². The van der Waals surface area contributed by atoms with Crippen molar-refractivity contribution in [2.24, 2.45) is 23.7 Å². The molecule has 5 aliphatic rings. The third-order valence-electron chi connectivity index (χ3n) is 6.69. The highest BCUT2D eigenvalue weighted by atomic mass is 19.4. The maximum Gasteiger partial charge on any atom is 0.443 e. The number of rotatable bonds is 0. The van der Waals surface area contributed by atoms with Gasteiger partial charge in [0, 0.05) is 18.3 Å². The lowest BCUT2D eigenvalue weighted by molar-refractivity contribution is -0.597. The van der Waals surface area contributed by atoms with Crippen molar-refractivity contribution in [3.63, 3.8) is 0 Å². The molecule has 0 aromatic rings. The molecule has 2 bridgehead atoms. The van der Waals surface area contributed by atoms with Crippen molar-refractivity contribution in [3.05, 3.63) is 0 Å². The van der Waals surface area contributed by atoms with Gasteiger partial charge in [0.25, 0.3) is 5.79 Å². The molecule has 24 heavy (non-hydrogen) atoms. The molecule has 8 atom stereocenters. The van der Waals surface area contributed by atoms with Gasteiger partial charge < -0.3 is 14.6 Å². The molecule has 5 rings (SSSR count). The Morgan fingerprint density at radius 3 is 2.38 bits per heavy atom. The van der Waals surface area contributed by atoms with Crippen LogP contribution in [-0.2, 0) is 19.2 Å². The maximum absolute atomic E-state index is 13.6. The Kier molecular flexibility index (Phi) is 3.44. The molecule has 0 radical (unpaired) electrons.